The second-order valence-corrected chi connectivity index (χ2v) is 5.30. The summed E-state index contributed by atoms with van der Waals surface area (Å²) in [5.74, 6) is 0.421. The summed E-state index contributed by atoms with van der Waals surface area (Å²) in [6, 6.07) is 1.78. The van der Waals surface area contributed by atoms with Crippen LogP contribution in [0.25, 0.3) is 11.6 Å². The van der Waals surface area contributed by atoms with Crippen molar-refractivity contribution in [1.29, 1.82) is 0 Å². The molecule has 108 valence electrons. The predicted octanol–water partition coefficient (Wildman–Crippen LogP) is 2.66. The summed E-state index contributed by atoms with van der Waals surface area (Å²) in [7, 11) is 0. The first kappa shape index (κ1) is 13.4. The van der Waals surface area contributed by atoms with Gasteiger partial charge in [0.2, 0.25) is 0 Å². The Labute approximate surface area is 123 Å². The van der Waals surface area contributed by atoms with Crippen LogP contribution in [-0.2, 0) is 11.2 Å². The molecule has 1 aliphatic rings. The molecule has 0 atom stereocenters. The van der Waals surface area contributed by atoms with Crippen molar-refractivity contribution in [2.45, 2.75) is 27.2 Å². The van der Waals surface area contributed by atoms with Crippen molar-refractivity contribution in [2.75, 3.05) is 11.1 Å². The molecule has 0 radical (unpaired) electrons. The molecule has 3 rings (SSSR count). The number of aromatic nitrogens is 2. The second-order valence-electron chi connectivity index (χ2n) is 5.30. The van der Waals surface area contributed by atoms with Gasteiger partial charge in [-0.15, -0.1) is 0 Å². The number of nitrogens with one attached hydrogen (secondary N) is 2. The van der Waals surface area contributed by atoms with Gasteiger partial charge in [-0.3, -0.25) is 4.79 Å². The Balaban J connectivity index is 2.13. The van der Waals surface area contributed by atoms with E-state index >= 15 is 0 Å². The number of nitrogen functional groups attached to an aromatic ring is 1. The number of hydrogen-bond acceptors (Lipinski definition) is 3. The van der Waals surface area contributed by atoms with Crippen LogP contribution in [0.1, 0.15) is 35.0 Å². The molecule has 3 heterocycles. The smallest absolute Gasteiger partial charge is 0.257 e. The van der Waals surface area contributed by atoms with E-state index in [2.05, 4.69) is 36.1 Å². The van der Waals surface area contributed by atoms with E-state index in [0.29, 0.717) is 17.1 Å². The van der Waals surface area contributed by atoms with Crippen molar-refractivity contribution in [3.8, 4) is 0 Å². The van der Waals surface area contributed by atoms with Crippen LogP contribution in [0.5, 0.6) is 0 Å². The highest BCUT2D eigenvalue weighted by molar-refractivity contribution is 6.34. The Kier molecular flexibility index (Phi) is 3.05. The van der Waals surface area contributed by atoms with E-state index < -0.39 is 0 Å². The topological polar surface area (TPSA) is 83.8 Å². The Hall–Kier alpha value is -2.56. The van der Waals surface area contributed by atoms with Crippen molar-refractivity contribution in [3.05, 3.63) is 40.3 Å². The van der Waals surface area contributed by atoms with E-state index in [-0.39, 0.29) is 5.91 Å². The third-order valence-electron chi connectivity index (χ3n) is 3.95. The van der Waals surface area contributed by atoms with E-state index in [1.54, 1.807) is 12.3 Å². The molecule has 0 saturated carbocycles. The highest BCUT2D eigenvalue weighted by atomic mass is 16.2. The second kappa shape index (κ2) is 4.77. The van der Waals surface area contributed by atoms with Gasteiger partial charge in [0.05, 0.1) is 17.5 Å². The molecular formula is C16H18N4O. The molecule has 5 nitrogen and oxygen atoms in total. The van der Waals surface area contributed by atoms with Crippen LogP contribution < -0.4 is 11.1 Å². The minimum absolute atomic E-state index is 0.146. The lowest BCUT2D eigenvalue weighted by atomic mass is 10.0. The van der Waals surface area contributed by atoms with E-state index in [0.717, 1.165) is 23.4 Å². The van der Waals surface area contributed by atoms with Gasteiger partial charge in [-0.1, -0.05) is 6.92 Å². The number of rotatable bonds is 2. The highest BCUT2D eigenvalue weighted by Gasteiger charge is 2.26. The van der Waals surface area contributed by atoms with Crippen LogP contribution in [0.4, 0.5) is 11.5 Å². The van der Waals surface area contributed by atoms with Gasteiger partial charge in [0.25, 0.3) is 5.91 Å². The van der Waals surface area contributed by atoms with Crippen molar-refractivity contribution in [3.63, 3.8) is 0 Å². The molecule has 2 aromatic rings. The van der Waals surface area contributed by atoms with Crippen molar-refractivity contribution < 1.29 is 4.79 Å². The van der Waals surface area contributed by atoms with Crippen molar-refractivity contribution in [1.82, 2.24) is 9.97 Å². The molecule has 0 saturated heterocycles. The number of nitrogens with zero attached hydrogens (tertiary/aromatic N) is 1. The summed E-state index contributed by atoms with van der Waals surface area (Å²) in [5.41, 5.74) is 12.3. The van der Waals surface area contributed by atoms with Crippen LogP contribution in [0.3, 0.4) is 0 Å². The lowest BCUT2D eigenvalue weighted by molar-refractivity contribution is -0.110. The van der Waals surface area contributed by atoms with Gasteiger partial charge in [0.15, 0.2) is 0 Å². The highest BCUT2D eigenvalue weighted by Crippen LogP contribution is 2.33. The predicted molar refractivity (Wildman–Crippen MR) is 84.8 cm³/mol. The molecule has 0 bridgehead atoms. The third-order valence-corrected chi connectivity index (χ3v) is 3.95. The first-order chi connectivity index (χ1) is 10.0. The number of anilines is 2. The lowest BCUT2D eigenvalue weighted by Gasteiger charge is -2.00. The van der Waals surface area contributed by atoms with Gasteiger partial charge in [-0.2, -0.15) is 0 Å². The maximum atomic E-state index is 12.1. The lowest BCUT2D eigenvalue weighted by Crippen LogP contribution is -2.04. The molecule has 4 N–H and O–H groups in total. The van der Waals surface area contributed by atoms with Gasteiger partial charge >= 0.3 is 0 Å². The van der Waals surface area contributed by atoms with Crippen LogP contribution in [0, 0.1) is 13.8 Å². The summed E-state index contributed by atoms with van der Waals surface area (Å²) in [6.07, 6.45) is 4.39. The summed E-state index contributed by atoms with van der Waals surface area (Å²) in [6.45, 7) is 6.25. The number of amides is 1. The Morgan fingerprint density at radius 1 is 1.38 bits per heavy atom. The number of carbonyl (C=O) groups excluding carboxylic acids is 1. The standard InChI is InChI=1S/C16H18N4O/c1-4-11-8(2)14(19-9(11)3)6-13-12-5-10(17)7-18-15(12)20-16(13)21/h5-7,19H,4,17H2,1-3H3,(H,18,20,21). The van der Waals surface area contributed by atoms with Gasteiger partial charge in [-0.05, 0) is 43.5 Å². The molecule has 1 amide bonds. The zero-order valence-electron chi connectivity index (χ0n) is 12.4. The average Bonchev–Trinajstić information content (AvgIpc) is 2.88. The molecule has 5 heteroatoms. The van der Waals surface area contributed by atoms with Crippen LogP contribution in [-0.4, -0.2) is 15.9 Å². The molecule has 0 aliphatic carbocycles. The van der Waals surface area contributed by atoms with Crippen molar-refractivity contribution in [2.24, 2.45) is 0 Å². The van der Waals surface area contributed by atoms with E-state index in [1.165, 1.54) is 11.1 Å². The summed E-state index contributed by atoms with van der Waals surface area (Å²) >= 11 is 0. The number of pyridine rings is 1. The minimum atomic E-state index is -0.146. The van der Waals surface area contributed by atoms with Gasteiger partial charge in [0.1, 0.15) is 5.82 Å². The number of nitrogens with two attached hydrogens (primary N) is 1. The fourth-order valence-corrected chi connectivity index (χ4v) is 2.86. The van der Waals surface area contributed by atoms with Crippen LogP contribution >= 0.6 is 0 Å². The van der Waals surface area contributed by atoms with E-state index in [1.807, 2.05) is 6.08 Å². The van der Waals surface area contributed by atoms with Crippen LogP contribution in [0.2, 0.25) is 0 Å². The fraction of sp³-hybridized carbons (Fsp3) is 0.250. The van der Waals surface area contributed by atoms with E-state index in [9.17, 15) is 4.79 Å². The first-order valence-corrected chi connectivity index (χ1v) is 6.98. The number of H-pyrrole nitrogens is 1. The third kappa shape index (κ3) is 2.11. The average molecular weight is 282 g/mol. The van der Waals surface area contributed by atoms with Gasteiger partial charge < -0.3 is 16.0 Å². The Morgan fingerprint density at radius 3 is 2.81 bits per heavy atom. The molecule has 0 spiro atoms. The summed E-state index contributed by atoms with van der Waals surface area (Å²) in [4.78, 5) is 19.6. The number of aromatic amines is 1. The first-order valence-electron chi connectivity index (χ1n) is 6.98. The molecule has 0 aromatic carbocycles. The molecule has 1 aliphatic heterocycles. The maximum Gasteiger partial charge on any atom is 0.257 e. The monoisotopic (exact) mass is 282 g/mol. The van der Waals surface area contributed by atoms with Crippen LogP contribution in [0.15, 0.2) is 12.3 Å². The maximum absolute atomic E-state index is 12.1. The normalized spacial score (nSPS) is 15.4. The molecule has 0 unspecified atom stereocenters. The minimum Gasteiger partial charge on any atom is -0.397 e. The Morgan fingerprint density at radius 2 is 2.14 bits per heavy atom. The number of fused-ring (bicyclic) bond motifs is 1. The largest absolute Gasteiger partial charge is 0.397 e. The SMILES string of the molecule is CCc1c(C)[nH]c(C=C2C(=O)Nc3ncc(N)cc32)c1C. The summed E-state index contributed by atoms with van der Waals surface area (Å²) in [5, 5.41) is 2.76. The van der Waals surface area contributed by atoms with Gasteiger partial charge in [-0.25, -0.2) is 4.98 Å². The fourth-order valence-electron chi connectivity index (χ4n) is 2.86. The zero-order chi connectivity index (χ0) is 15.1. The van der Waals surface area contributed by atoms with Crippen molar-refractivity contribution >= 4 is 29.1 Å². The molecule has 21 heavy (non-hydrogen) atoms. The zero-order valence-corrected chi connectivity index (χ0v) is 12.4. The molecular weight excluding hydrogens is 264 g/mol. The van der Waals surface area contributed by atoms with E-state index in [4.69, 9.17) is 5.73 Å². The Bertz CT molecular complexity index is 771. The number of carbonyl (C=O) groups is 1. The number of aryl methyl sites for hydroxylation is 1. The molecule has 0 fully saturated rings. The summed E-state index contributed by atoms with van der Waals surface area (Å²) < 4.78 is 0. The number of hydrogen-bond donors (Lipinski definition) is 3. The molecule has 2 aromatic heterocycles. The van der Waals surface area contributed by atoms with Gasteiger partial charge in [0, 0.05) is 17.0 Å². The quantitative estimate of drug-likeness (QED) is 0.740.